The number of benzene rings is 1. The molecule has 0 radical (unpaired) electrons. The summed E-state index contributed by atoms with van der Waals surface area (Å²) in [7, 11) is 1.67. The van der Waals surface area contributed by atoms with Gasteiger partial charge in [-0.25, -0.2) is 0 Å². The zero-order chi connectivity index (χ0) is 10.7. The van der Waals surface area contributed by atoms with Crippen molar-refractivity contribution >= 4 is 0 Å². The first-order chi connectivity index (χ1) is 7.33. The van der Waals surface area contributed by atoms with E-state index in [1.165, 1.54) is 36.8 Å². The predicted molar refractivity (Wildman–Crippen MR) is 61.7 cm³/mol. The highest BCUT2D eigenvalue weighted by atomic mass is 16.6. The minimum Gasteiger partial charge on any atom is -0.305 e. The summed E-state index contributed by atoms with van der Waals surface area (Å²) in [4.78, 5) is 4.92. The van der Waals surface area contributed by atoms with Gasteiger partial charge in [-0.3, -0.25) is 0 Å². The third-order valence-electron chi connectivity index (χ3n) is 3.27. The molecule has 0 saturated heterocycles. The van der Waals surface area contributed by atoms with Crippen molar-refractivity contribution in [1.29, 1.82) is 0 Å². The zero-order valence-corrected chi connectivity index (χ0v) is 9.60. The summed E-state index contributed by atoms with van der Waals surface area (Å²) in [6.07, 6.45) is 5.16. The fourth-order valence-corrected chi connectivity index (χ4v) is 2.44. The summed E-state index contributed by atoms with van der Waals surface area (Å²) >= 11 is 0. The van der Waals surface area contributed by atoms with E-state index in [4.69, 9.17) is 4.84 Å². The van der Waals surface area contributed by atoms with Gasteiger partial charge in [0.05, 0.1) is 7.11 Å². The first kappa shape index (κ1) is 10.7. The molecule has 0 amide bonds. The highest BCUT2D eigenvalue weighted by molar-refractivity contribution is 5.42. The Balaban J connectivity index is 2.30. The van der Waals surface area contributed by atoms with Crippen LogP contribution in [0.2, 0.25) is 0 Å². The molecule has 0 saturated carbocycles. The number of fused-ring (bicyclic) bond motifs is 1. The number of hydrogen-bond donors (Lipinski definition) is 1. The lowest BCUT2D eigenvalue weighted by Crippen LogP contribution is -2.15. The normalized spacial score (nSPS) is 15.1. The number of aryl methyl sites for hydroxylation is 1. The van der Waals surface area contributed by atoms with Crippen molar-refractivity contribution < 1.29 is 4.84 Å². The van der Waals surface area contributed by atoms with Crippen LogP contribution < -0.4 is 5.48 Å². The van der Waals surface area contributed by atoms with Gasteiger partial charge in [0, 0.05) is 6.54 Å². The predicted octanol–water partition coefficient (Wildman–Crippen LogP) is 2.52. The van der Waals surface area contributed by atoms with Crippen LogP contribution in [0.3, 0.4) is 0 Å². The Kier molecular flexibility index (Phi) is 3.39. The highest BCUT2D eigenvalue weighted by Gasteiger charge is 2.14. The summed E-state index contributed by atoms with van der Waals surface area (Å²) in [6.45, 7) is 3.04. The topological polar surface area (TPSA) is 21.3 Å². The third kappa shape index (κ3) is 2.21. The van der Waals surface area contributed by atoms with Crippen LogP contribution in [-0.4, -0.2) is 7.11 Å². The summed E-state index contributed by atoms with van der Waals surface area (Å²) in [6, 6.07) is 4.46. The van der Waals surface area contributed by atoms with Crippen LogP contribution in [0.4, 0.5) is 0 Å². The zero-order valence-electron chi connectivity index (χ0n) is 9.60. The van der Waals surface area contributed by atoms with E-state index in [9.17, 15) is 0 Å². The Morgan fingerprint density at radius 3 is 2.67 bits per heavy atom. The van der Waals surface area contributed by atoms with Crippen molar-refractivity contribution in [1.82, 2.24) is 5.48 Å². The largest absolute Gasteiger partial charge is 0.305 e. The van der Waals surface area contributed by atoms with E-state index in [0.29, 0.717) is 0 Å². The Hall–Kier alpha value is -0.860. The molecule has 2 nitrogen and oxygen atoms in total. The average Bonchev–Trinajstić information content (AvgIpc) is 2.29. The summed E-state index contributed by atoms with van der Waals surface area (Å²) < 4.78 is 0. The molecule has 1 aliphatic rings. The number of nitrogens with one attached hydrogen (secondary N) is 1. The molecule has 0 unspecified atom stereocenters. The first-order valence-electron chi connectivity index (χ1n) is 5.69. The molecule has 0 fully saturated rings. The molecule has 0 atom stereocenters. The second-order valence-electron chi connectivity index (χ2n) is 4.23. The quantitative estimate of drug-likeness (QED) is 0.766. The molecule has 2 rings (SSSR count). The maximum Gasteiger partial charge on any atom is 0.0572 e. The first-order valence-corrected chi connectivity index (χ1v) is 5.69. The molecule has 1 aromatic rings. The minimum atomic E-state index is 0.819. The van der Waals surface area contributed by atoms with Crippen molar-refractivity contribution in [2.75, 3.05) is 7.11 Å². The fraction of sp³-hybridized carbons (Fsp3) is 0.538. The lowest BCUT2D eigenvalue weighted by molar-refractivity contribution is 0.0865. The van der Waals surface area contributed by atoms with Crippen molar-refractivity contribution in [3.63, 3.8) is 0 Å². The smallest absolute Gasteiger partial charge is 0.0572 e. The van der Waals surface area contributed by atoms with E-state index in [2.05, 4.69) is 24.5 Å². The van der Waals surface area contributed by atoms with Crippen molar-refractivity contribution in [3.05, 3.63) is 34.4 Å². The maximum absolute atomic E-state index is 4.92. The van der Waals surface area contributed by atoms with Crippen molar-refractivity contribution in [2.24, 2.45) is 0 Å². The Morgan fingerprint density at radius 2 is 1.93 bits per heavy atom. The van der Waals surface area contributed by atoms with Crippen LogP contribution in [0.5, 0.6) is 0 Å². The molecule has 15 heavy (non-hydrogen) atoms. The molecule has 1 aromatic carbocycles. The standard InChI is InChI=1S/C13H19NO/c1-10-7-8-11(9-14-15-2)13-6-4-3-5-12(10)13/h7-8,14H,3-6,9H2,1-2H3. The minimum absolute atomic E-state index is 0.819. The molecule has 0 aliphatic heterocycles. The second-order valence-corrected chi connectivity index (χ2v) is 4.23. The van der Waals surface area contributed by atoms with Gasteiger partial charge in [-0.15, -0.1) is 0 Å². The highest BCUT2D eigenvalue weighted by Crippen LogP contribution is 2.27. The van der Waals surface area contributed by atoms with Gasteiger partial charge in [0.1, 0.15) is 0 Å². The molecule has 1 aliphatic carbocycles. The molecule has 2 heteroatoms. The lowest BCUT2D eigenvalue weighted by Gasteiger charge is -2.21. The SMILES string of the molecule is CONCc1ccc(C)c2c1CCCC2. The van der Waals surface area contributed by atoms with Gasteiger partial charge in [-0.1, -0.05) is 12.1 Å². The van der Waals surface area contributed by atoms with E-state index < -0.39 is 0 Å². The summed E-state index contributed by atoms with van der Waals surface area (Å²) in [5.41, 5.74) is 8.93. The van der Waals surface area contributed by atoms with E-state index in [1.54, 1.807) is 18.2 Å². The van der Waals surface area contributed by atoms with Gasteiger partial charge in [-0.05, 0) is 54.9 Å². The molecule has 0 bridgehead atoms. The number of hydrogen-bond acceptors (Lipinski definition) is 2. The van der Waals surface area contributed by atoms with Crippen LogP contribution in [0, 0.1) is 6.92 Å². The van der Waals surface area contributed by atoms with Crippen LogP contribution in [-0.2, 0) is 24.2 Å². The Bertz CT molecular complexity index is 347. The van der Waals surface area contributed by atoms with E-state index in [1.807, 2.05) is 0 Å². The fourth-order valence-electron chi connectivity index (χ4n) is 2.44. The van der Waals surface area contributed by atoms with Gasteiger partial charge in [0.2, 0.25) is 0 Å². The van der Waals surface area contributed by atoms with E-state index in [-0.39, 0.29) is 0 Å². The lowest BCUT2D eigenvalue weighted by atomic mass is 9.85. The molecular weight excluding hydrogens is 186 g/mol. The average molecular weight is 205 g/mol. The van der Waals surface area contributed by atoms with Crippen molar-refractivity contribution in [2.45, 2.75) is 39.2 Å². The summed E-state index contributed by atoms with van der Waals surface area (Å²) in [5.74, 6) is 0. The van der Waals surface area contributed by atoms with Gasteiger partial charge < -0.3 is 4.84 Å². The van der Waals surface area contributed by atoms with Crippen LogP contribution in [0.15, 0.2) is 12.1 Å². The molecule has 82 valence electrons. The second kappa shape index (κ2) is 4.77. The monoisotopic (exact) mass is 205 g/mol. The molecule has 1 N–H and O–H groups in total. The van der Waals surface area contributed by atoms with Gasteiger partial charge in [0.25, 0.3) is 0 Å². The number of rotatable bonds is 3. The van der Waals surface area contributed by atoms with Gasteiger partial charge in [-0.2, -0.15) is 5.48 Å². The Morgan fingerprint density at radius 1 is 1.20 bits per heavy atom. The van der Waals surface area contributed by atoms with Gasteiger partial charge in [0.15, 0.2) is 0 Å². The van der Waals surface area contributed by atoms with Gasteiger partial charge >= 0.3 is 0 Å². The van der Waals surface area contributed by atoms with Crippen LogP contribution in [0.1, 0.15) is 35.1 Å². The summed E-state index contributed by atoms with van der Waals surface area (Å²) in [5, 5.41) is 0. The maximum atomic E-state index is 4.92. The number of hydroxylamine groups is 1. The van der Waals surface area contributed by atoms with Crippen molar-refractivity contribution in [3.8, 4) is 0 Å². The third-order valence-corrected chi connectivity index (χ3v) is 3.27. The van der Waals surface area contributed by atoms with E-state index >= 15 is 0 Å². The van der Waals surface area contributed by atoms with E-state index in [0.717, 1.165) is 6.54 Å². The molecule has 0 spiro atoms. The van der Waals surface area contributed by atoms with Crippen LogP contribution >= 0.6 is 0 Å². The molecular formula is C13H19NO. The van der Waals surface area contributed by atoms with Crippen LogP contribution in [0.25, 0.3) is 0 Å². The Labute approximate surface area is 91.6 Å². The molecule has 0 aromatic heterocycles. The molecule has 0 heterocycles.